The number of benzene rings is 2. The van der Waals surface area contributed by atoms with Gasteiger partial charge in [-0.1, -0.05) is 11.6 Å². The molecule has 1 aromatic heterocycles. The summed E-state index contributed by atoms with van der Waals surface area (Å²) in [5.41, 5.74) is 8.71. The second-order valence-electron chi connectivity index (χ2n) is 6.50. The molecule has 7 nitrogen and oxygen atoms in total. The van der Waals surface area contributed by atoms with Crippen LogP contribution in [0.4, 0.5) is 23.0 Å². The lowest BCUT2D eigenvalue weighted by atomic mass is 10.2. The summed E-state index contributed by atoms with van der Waals surface area (Å²) in [6.45, 7) is 6.52. The molecular formula is C22H25ClN4O3. The fourth-order valence-electron chi connectivity index (χ4n) is 2.91. The number of nitrogen functional groups attached to an aromatic ring is 1. The maximum absolute atomic E-state index is 9.77. The lowest BCUT2D eigenvalue weighted by Gasteiger charge is -2.25. The minimum Gasteiger partial charge on any atom is -0.494 e. The third-order valence-electron chi connectivity index (χ3n) is 4.41. The highest BCUT2D eigenvalue weighted by atomic mass is 35.5. The highest BCUT2D eigenvalue weighted by molar-refractivity contribution is 6.35. The molecule has 1 heterocycles. The molecule has 158 valence electrons. The lowest BCUT2D eigenvalue weighted by molar-refractivity contribution is 0.198. The number of ether oxygens (including phenoxy) is 2. The number of hydrogen-bond donors (Lipinski definition) is 2. The highest BCUT2D eigenvalue weighted by Crippen LogP contribution is 2.43. The van der Waals surface area contributed by atoms with E-state index in [4.69, 9.17) is 26.8 Å². The van der Waals surface area contributed by atoms with Crippen LogP contribution >= 0.6 is 11.6 Å². The molecule has 8 heteroatoms. The van der Waals surface area contributed by atoms with Crippen molar-refractivity contribution < 1.29 is 14.6 Å². The van der Waals surface area contributed by atoms with E-state index in [-0.39, 0.29) is 0 Å². The third-order valence-corrected chi connectivity index (χ3v) is 4.80. The molecule has 3 aromatic rings. The Morgan fingerprint density at radius 3 is 2.23 bits per heavy atom. The van der Waals surface area contributed by atoms with Gasteiger partial charge in [0, 0.05) is 23.6 Å². The number of aliphatic hydroxyl groups excluding tert-OH is 1. The number of nitrogens with two attached hydrogens (primary N) is 1. The van der Waals surface area contributed by atoms with E-state index < -0.39 is 6.10 Å². The maximum atomic E-state index is 9.77. The van der Waals surface area contributed by atoms with Crippen molar-refractivity contribution in [1.82, 2.24) is 9.97 Å². The molecule has 0 saturated heterocycles. The van der Waals surface area contributed by atoms with Crippen molar-refractivity contribution in [3.8, 4) is 11.5 Å². The molecule has 0 radical (unpaired) electrons. The van der Waals surface area contributed by atoms with Crippen LogP contribution in [-0.4, -0.2) is 28.3 Å². The van der Waals surface area contributed by atoms with Crippen LogP contribution in [0.2, 0.25) is 5.02 Å². The van der Waals surface area contributed by atoms with E-state index in [2.05, 4.69) is 9.97 Å². The van der Waals surface area contributed by atoms with Crippen LogP contribution in [0.3, 0.4) is 0 Å². The Kier molecular flexibility index (Phi) is 6.97. The Balaban J connectivity index is 2.11. The van der Waals surface area contributed by atoms with E-state index in [1.165, 1.54) is 0 Å². The molecule has 2 aromatic carbocycles. The Labute approximate surface area is 181 Å². The second kappa shape index (κ2) is 9.65. The van der Waals surface area contributed by atoms with Crippen LogP contribution in [0, 0.1) is 0 Å². The monoisotopic (exact) mass is 428 g/mol. The number of aromatic nitrogens is 2. The fraction of sp³-hybridized carbons (Fsp3) is 0.273. The number of anilines is 4. The number of aliphatic hydroxyl groups is 1. The van der Waals surface area contributed by atoms with E-state index in [0.29, 0.717) is 46.9 Å². The molecule has 0 fully saturated rings. The molecule has 3 rings (SSSR count). The molecule has 1 unspecified atom stereocenters. The first-order chi connectivity index (χ1) is 14.5. The minimum atomic E-state index is -0.664. The summed E-state index contributed by atoms with van der Waals surface area (Å²) in [6.07, 6.45) is 2.50. The van der Waals surface area contributed by atoms with Crippen molar-refractivity contribution in [2.24, 2.45) is 0 Å². The molecule has 0 aliphatic rings. The first-order valence-corrected chi connectivity index (χ1v) is 10.1. The van der Waals surface area contributed by atoms with Crippen LogP contribution in [0.5, 0.6) is 11.5 Å². The molecule has 0 aliphatic carbocycles. The average molecular weight is 429 g/mol. The van der Waals surface area contributed by atoms with Gasteiger partial charge in [-0.25, -0.2) is 9.97 Å². The summed E-state index contributed by atoms with van der Waals surface area (Å²) < 4.78 is 11.1. The van der Waals surface area contributed by atoms with Crippen molar-refractivity contribution in [3.05, 3.63) is 59.4 Å². The largest absolute Gasteiger partial charge is 0.494 e. The molecule has 30 heavy (non-hydrogen) atoms. The summed E-state index contributed by atoms with van der Waals surface area (Å²) >= 11 is 6.46. The summed E-state index contributed by atoms with van der Waals surface area (Å²) in [5.74, 6) is 1.65. The van der Waals surface area contributed by atoms with Gasteiger partial charge < -0.3 is 20.3 Å². The standard InChI is InChI=1S/C22H25ClN4O3/c1-4-29-17-8-6-16(7-9-17)27(22-25-12-15(13-26-22)14(3)28)18-10-11-19(30-5-2)20(23)21(18)24/h6-14,28H,4-5,24H2,1-3H3. The van der Waals surface area contributed by atoms with Crippen molar-refractivity contribution in [3.63, 3.8) is 0 Å². The van der Waals surface area contributed by atoms with Gasteiger partial charge in [-0.3, -0.25) is 4.90 Å². The average Bonchev–Trinajstić information content (AvgIpc) is 2.75. The summed E-state index contributed by atoms with van der Waals surface area (Å²) in [7, 11) is 0. The number of halogens is 1. The van der Waals surface area contributed by atoms with Gasteiger partial charge in [-0.15, -0.1) is 0 Å². The van der Waals surface area contributed by atoms with Gasteiger partial charge in [0.2, 0.25) is 5.95 Å². The van der Waals surface area contributed by atoms with Gasteiger partial charge in [0.1, 0.15) is 16.5 Å². The minimum absolute atomic E-state index is 0.325. The topological polar surface area (TPSA) is 93.7 Å². The SMILES string of the molecule is CCOc1ccc(N(c2ncc(C(C)O)cn2)c2ccc(OCC)c(Cl)c2N)cc1. The van der Waals surface area contributed by atoms with Gasteiger partial charge in [-0.05, 0) is 57.2 Å². The molecule has 1 atom stereocenters. The Morgan fingerprint density at radius 1 is 1.03 bits per heavy atom. The van der Waals surface area contributed by atoms with Gasteiger partial charge in [0.05, 0.1) is 30.7 Å². The Morgan fingerprint density at radius 2 is 1.67 bits per heavy atom. The zero-order valence-corrected chi connectivity index (χ0v) is 17.9. The molecule has 0 saturated carbocycles. The van der Waals surface area contributed by atoms with Crippen LogP contribution in [-0.2, 0) is 0 Å². The summed E-state index contributed by atoms with van der Waals surface area (Å²) in [5, 5.41) is 10.1. The Hall–Kier alpha value is -3.03. The van der Waals surface area contributed by atoms with Gasteiger partial charge in [0.15, 0.2) is 0 Å². The molecule has 3 N–H and O–H groups in total. The van der Waals surface area contributed by atoms with Crippen molar-refractivity contribution >= 4 is 34.6 Å². The van der Waals surface area contributed by atoms with Crippen molar-refractivity contribution in [1.29, 1.82) is 0 Å². The third kappa shape index (κ3) is 4.58. The highest BCUT2D eigenvalue weighted by Gasteiger charge is 2.21. The lowest BCUT2D eigenvalue weighted by Crippen LogP contribution is -2.15. The maximum Gasteiger partial charge on any atom is 0.234 e. The molecule has 0 amide bonds. The van der Waals surface area contributed by atoms with E-state index in [1.54, 1.807) is 30.3 Å². The predicted molar refractivity (Wildman–Crippen MR) is 119 cm³/mol. The van der Waals surface area contributed by atoms with Crippen molar-refractivity contribution in [2.45, 2.75) is 26.9 Å². The molecule has 0 spiro atoms. The fourth-order valence-corrected chi connectivity index (χ4v) is 3.12. The first-order valence-electron chi connectivity index (χ1n) is 9.70. The van der Waals surface area contributed by atoms with Gasteiger partial charge >= 0.3 is 0 Å². The van der Waals surface area contributed by atoms with Crippen LogP contribution in [0.15, 0.2) is 48.8 Å². The second-order valence-corrected chi connectivity index (χ2v) is 6.88. The van der Waals surface area contributed by atoms with Crippen molar-refractivity contribution in [2.75, 3.05) is 23.8 Å². The van der Waals surface area contributed by atoms with Crippen LogP contribution in [0.1, 0.15) is 32.4 Å². The smallest absolute Gasteiger partial charge is 0.234 e. The zero-order chi connectivity index (χ0) is 21.7. The number of hydrogen-bond acceptors (Lipinski definition) is 7. The first kappa shape index (κ1) is 21.7. The van der Waals surface area contributed by atoms with E-state index >= 15 is 0 Å². The zero-order valence-electron chi connectivity index (χ0n) is 17.2. The van der Waals surface area contributed by atoms with E-state index in [1.807, 2.05) is 44.2 Å². The number of rotatable bonds is 8. The van der Waals surface area contributed by atoms with Gasteiger partial charge in [-0.2, -0.15) is 0 Å². The summed E-state index contributed by atoms with van der Waals surface area (Å²) in [6, 6.07) is 11.1. The quantitative estimate of drug-likeness (QED) is 0.486. The van der Waals surface area contributed by atoms with E-state index in [0.717, 1.165) is 11.4 Å². The van der Waals surface area contributed by atoms with Gasteiger partial charge in [0.25, 0.3) is 0 Å². The molecule has 0 bridgehead atoms. The predicted octanol–water partition coefficient (Wildman–Crippen LogP) is 5.03. The normalized spacial score (nSPS) is 11.8. The van der Waals surface area contributed by atoms with Crippen LogP contribution in [0.25, 0.3) is 0 Å². The van der Waals surface area contributed by atoms with E-state index in [9.17, 15) is 5.11 Å². The Bertz CT molecular complexity index is 979. The summed E-state index contributed by atoms with van der Waals surface area (Å²) in [4.78, 5) is 10.7. The molecular weight excluding hydrogens is 404 g/mol. The number of nitrogens with zero attached hydrogens (tertiary/aromatic N) is 3. The molecule has 0 aliphatic heterocycles. The van der Waals surface area contributed by atoms with Crippen LogP contribution < -0.4 is 20.1 Å².